The maximum Gasteiger partial charge on any atom is 0.410 e. The molecule has 2 saturated heterocycles. The van der Waals surface area contributed by atoms with E-state index in [1.54, 1.807) is 10.5 Å². The lowest BCUT2D eigenvalue weighted by Gasteiger charge is -2.42. The molecule has 2 aromatic heterocycles. The Kier molecular flexibility index (Phi) is 5.90. The fourth-order valence-electron chi connectivity index (χ4n) is 4.78. The molecular weight excluding hydrogens is 400 g/mol. The third-order valence-electron chi connectivity index (χ3n) is 6.03. The molecule has 164 valence electrons. The zero-order valence-electron chi connectivity index (χ0n) is 18.4. The number of hydrogen-bond donors (Lipinski definition) is 0. The van der Waals surface area contributed by atoms with E-state index in [1.165, 1.54) is 17.8 Å². The van der Waals surface area contributed by atoms with E-state index in [9.17, 15) is 9.59 Å². The van der Waals surface area contributed by atoms with Gasteiger partial charge in [0.05, 0.1) is 11.7 Å². The lowest BCUT2D eigenvalue weighted by molar-refractivity contribution is 0.00627. The Morgan fingerprint density at radius 2 is 1.97 bits per heavy atom. The van der Waals surface area contributed by atoms with Crippen LogP contribution in [0.25, 0.3) is 4.96 Å². The summed E-state index contributed by atoms with van der Waals surface area (Å²) in [5.74, 6) is 0. The first-order valence-corrected chi connectivity index (χ1v) is 11.8. The Morgan fingerprint density at radius 3 is 2.73 bits per heavy atom. The number of aromatic nitrogens is 2. The summed E-state index contributed by atoms with van der Waals surface area (Å²) in [4.78, 5) is 35.2. The molecule has 0 aromatic carbocycles. The van der Waals surface area contributed by atoms with Gasteiger partial charge in [-0.1, -0.05) is 6.42 Å². The molecular formula is C22H32N4O3S. The van der Waals surface area contributed by atoms with Gasteiger partial charge >= 0.3 is 6.09 Å². The summed E-state index contributed by atoms with van der Waals surface area (Å²) in [6.45, 7) is 10.0. The molecule has 1 amide bonds. The number of carbonyl (C=O) groups is 1. The summed E-state index contributed by atoms with van der Waals surface area (Å²) in [6, 6.07) is 2.10. The number of fused-ring (bicyclic) bond motifs is 1. The molecule has 0 spiro atoms. The van der Waals surface area contributed by atoms with Gasteiger partial charge in [0.15, 0.2) is 4.96 Å². The molecule has 0 radical (unpaired) electrons. The minimum absolute atomic E-state index is 0.0152. The molecule has 4 heterocycles. The number of likely N-dealkylation sites (tertiary alicyclic amines) is 2. The van der Waals surface area contributed by atoms with Crippen LogP contribution in [0.1, 0.15) is 64.3 Å². The molecule has 0 bridgehead atoms. The Hall–Kier alpha value is -1.93. The van der Waals surface area contributed by atoms with Crippen LogP contribution < -0.4 is 5.56 Å². The Morgan fingerprint density at radius 1 is 1.20 bits per heavy atom. The van der Waals surface area contributed by atoms with Crippen LogP contribution >= 0.6 is 11.3 Å². The average Bonchev–Trinajstić information content (AvgIpc) is 3.28. The molecule has 2 fully saturated rings. The van der Waals surface area contributed by atoms with Crippen molar-refractivity contribution in [1.29, 1.82) is 0 Å². The van der Waals surface area contributed by atoms with Crippen molar-refractivity contribution in [3.63, 3.8) is 0 Å². The Balaban J connectivity index is 1.54. The highest BCUT2D eigenvalue weighted by molar-refractivity contribution is 7.15. The summed E-state index contributed by atoms with van der Waals surface area (Å²) in [7, 11) is 0. The smallest absolute Gasteiger partial charge is 0.410 e. The van der Waals surface area contributed by atoms with E-state index in [2.05, 4.69) is 4.90 Å². The molecule has 0 N–H and O–H groups in total. The van der Waals surface area contributed by atoms with Crippen LogP contribution in [0.15, 0.2) is 16.2 Å². The zero-order valence-corrected chi connectivity index (χ0v) is 19.2. The second kappa shape index (κ2) is 8.30. The van der Waals surface area contributed by atoms with Crippen molar-refractivity contribution in [3.05, 3.63) is 33.2 Å². The van der Waals surface area contributed by atoms with Crippen LogP contribution in [0, 0.1) is 6.92 Å². The third-order valence-corrected chi connectivity index (χ3v) is 6.97. The first-order valence-electron chi connectivity index (χ1n) is 10.9. The van der Waals surface area contributed by atoms with Crippen LogP contribution in [0.5, 0.6) is 0 Å². The fourth-order valence-corrected chi connectivity index (χ4v) is 5.67. The van der Waals surface area contributed by atoms with Crippen molar-refractivity contribution in [1.82, 2.24) is 19.2 Å². The van der Waals surface area contributed by atoms with Crippen LogP contribution in [-0.4, -0.2) is 56.1 Å². The standard InChI is InChI=1S/C22H32N4O3S/c1-15-14-30-20-23-16(12-19(27)26(15)20)13-24-10-6-5-8-17(24)18-9-7-11-25(18)21(28)29-22(2,3)4/h12,14,17-18H,5-11,13H2,1-4H3/t17-,18-/m1/s1. The van der Waals surface area contributed by atoms with Crippen LogP contribution in [0.4, 0.5) is 4.79 Å². The minimum atomic E-state index is -0.489. The van der Waals surface area contributed by atoms with Gasteiger partial charge in [-0.2, -0.15) is 0 Å². The topological polar surface area (TPSA) is 67.2 Å². The van der Waals surface area contributed by atoms with E-state index in [1.807, 2.05) is 38.0 Å². The molecule has 2 atom stereocenters. The molecule has 2 aliphatic rings. The normalized spacial score (nSPS) is 23.3. The lowest BCUT2D eigenvalue weighted by Crippen LogP contribution is -2.53. The van der Waals surface area contributed by atoms with Gasteiger partial charge in [-0.05, 0) is 59.9 Å². The maximum atomic E-state index is 12.8. The summed E-state index contributed by atoms with van der Waals surface area (Å²) >= 11 is 1.50. The van der Waals surface area contributed by atoms with Gasteiger partial charge < -0.3 is 9.64 Å². The van der Waals surface area contributed by atoms with Crippen molar-refractivity contribution in [2.24, 2.45) is 0 Å². The van der Waals surface area contributed by atoms with Crippen molar-refractivity contribution in [2.75, 3.05) is 13.1 Å². The van der Waals surface area contributed by atoms with Crippen molar-refractivity contribution < 1.29 is 9.53 Å². The number of amides is 1. The first kappa shape index (κ1) is 21.3. The van der Waals surface area contributed by atoms with Gasteiger partial charge in [-0.25, -0.2) is 9.78 Å². The summed E-state index contributed by atoms with van der Waals surface area (Å²) in [5, 5.41) is 1.97. The number of ether oxygens (including phenoxy) is 1. The SMILES string of the molecule is Cc1csc2nc(CN3CCCC[C@@H]3[C@H]3CCCN3C(=O)OC(C)(C)C)cc(=O)n12. The van der Waals surface area contributed by atoms with Gasteiger partial charge in [-0.3, -0.25) is 14.1 Å². The van der Waals surface area contributed by atoms with Crippen molar-refractivity contribution in [3.8, 4) is 0 Å². The van der Waals surface area contributed by atoms with Gasteiger partial charge in [0, 0.05) is 36.3 Å². The molecule has 2 aromatic rings. The third kappa shape index (κ3) is 4.39. The van der Waals surface area contributed by atoms with E-state index in [0.717, 1.165) is 55.1 Å². The van der Waals surface area contributed by atoms with Gasteiger partial charge in [0.2, 0.25) is 0 Å². The highest BCUT2D eigenvalue weighted by Gasteiger charge is 2.40. The molecule has 30 heavy (non-hydrogen) atoms. The molecule has 8 heteroatoms. The number of carbonyl (C=O) groups excluding carboxylic acids is 1. The number of nitrogens with zero attached hydrogens (tertiary/aromatic N) is 4. The first-order chi connectivity index (χ1) is 14.2. The van der Waals surface area contributed by atoms with Crippen LogP contribution in [-0.2, 0) is 11.3 Å². The Labute approximate surface area is 181 Å². The van der Waals surface area contributed by atoms with Crippen molar-refractivity contribution in [2.45, 2.75) is 84.0 Å². The monoisotopic (exact) mass is 432 g/mol. The van der Waals surface area contributed by atoms with E-state index in [-0.39, 0.29) is 23.7 Å². The highest BCUT2D eigenvalue weighted by atomic mass is 32.1. The number of aryl methyl sites for hydroxylation is 1. The van der Waals surface area contributed by atoms with Crippen LogP contribution in [0.3, 0.4) is 0 Å². The predicted octanol–water partition coefficient (Wildman–Crippen LogP) is 3.82. The summed E-state index contributed by atoms with van der Waals surface area (Å²) in [6.07, 6.45) is 5.16. The molecule has 0 aliphatic carbocycles. The molecule has 7 nitrogen and oxygen atoms in total. The number of hydrogen-bond acceptors (Lipinski definition) is 6. The summed E-state index contributed by atoms with van der Waals surface area (Å²) < 4.78 is 7.35. The molecule has 0 saturated carbocycles. The lowest BCUT2D eigenvalue weighted by atomic mass is 9.93. The largest absolute Gasteiger partial charge is 0.444 e. The summed E-state index contributed by atoms with van der Waals surface area (Å²) in [5.41, 5.74) is 1.24. The van der Waals surface area contributed by atoms with E-state index in [0.29, 0.717) is 6.54 Å². The molecule has 2 aliphatic heterocycles. The van der Waals surface area contributed by atoms with Gasteiger partial charge in [0.1, 0.15) is 5.60 Å². The van der Waals surface area contributed by atoms with E-state index >= 15 is 0 Å². The van der Waals surface area contributed by atoms with Crippen LogP contribution in [0.2, 0.25) is 0 Å². The highest BCUT2D eigenvalue weighted by Crippen LogP contribution is 2.31. The average molecular weight is 433 g/mol. The predicted molar refractivity (Wildman–Crippen MR) is 118 cm³/mol. The quantitative estimate of drug-likeness (QED) is 0.738. The second-order valence-electron chi connectivity index (χ2n) is 9.50. The zero-order chi connectivity index (χ0) is 21.5. The fraction of sp³-hybridized carbons (Fsp3) is 0.682. The van der Waals surface area contributed by atoms with Gasteiger partial charge in [0.25, 0.3) is 5.56 Å². The number of thiazole rings is 1. The van der Waals surface area contributed by atoms with Crippen molar-refractivity contribution >= 4 is 22.4 Å². The maximum absolute atomic E-state index is 12.8. The van der Waals surface area contributed by atoms with E-state index < -0.39 is 5.60 Å². The van der Waals surface area contributed by atoms with Gasteiger partial charge in [-0.15, -0.1) is 11.3 Å². The Bertz CT molecular complexity index is 977. The minimum Gasteiger partial charge on any atom is -0.444 e. The molecule has 0 unspecified atom stereocenters. The second-order valence-corrected chi connectivity index (χ2v) is 10.3. The van der Waals surface area contributed by atoms with E-state index in [4.69, 9.17) is 9.72 Å². The molecule has 4 rings (SSSR count). The number of rotatable bonds is 3. The number of piperidine rings is 1.